The molecule has 10 aliphatic carbocycles. The van der Waals surface area contributed by atoms with E-state index in [4.69, 9.17) is 0 Å². The van der Waals surface area contributed by atoms with Gasteiger partial charge in [-0.3, -0.25) is 4.79 Å². The summed E-state index contributed by atoms with van der Waals surface area (Å²) in [5.41, 5.74) is -1.79. The normalized spacial score (nSPS) is 49.8. The van der Waals surface area contributed by atoms with Crippen molar-refractivity contribution in [3.63, 3.8) is 0 Å². The van der Waals surface area contributed by atoms with Gasteiger partial charge < -0.3 is 30.6 Å². The van der Waals surface area contributed by atoms with Crippen molar-refractivity contribution in [3.05, 3.63) is 45.8 Å². The highest BCUT2D eigenvalue weighted by molar-refractivity contribution is 5.96. The fourth-order valence-electron chi connectivity index (χ4n) is 17.9. The summed E-state index contributed by atoms with van der Waals surface area (Å²) in [5, 5.41) is 73.0. The molecule has 0 amide bonds. The molecule has 1 aromatic rings. The van der Waals surface area contributed by atoms with E-state index in [0.717, 1.165) is 86.6 Å². The Morgan fingerprint density at radius 3 is 2.37 bits per heavy atom. The fourth-order valence-corrected chi connectivity index (χ4v) is 17.9. The summed E-state index contributed by atoms with van der Waals surface area (Å²) in [6.07, 6.45) is 14.8. The Hall–Kier alpha value is -2.31. The molecule has 16 unspecified atom stereocenters. The molecule has 4 bridgehead atoms. The van der Waals surface area contributed by atoms with E-state index in [-0.39, 0.29) is 40.3 Å². The van der Waals surface area contributed by atoms with E-state index < -0.39 is 70.1 Å². The molecule has 1 aromatic carbocycles. The third kappa shape index (κ3) is 4.65. The van der Waals surface area contributed by atoms with Crippen molar-refractivity contribution in [3.8, 4) is 11.8 Å². The largest absolute Gasteiger partial charge is 0.394 e. The minimum absolute atomic E-state index is 0.0206. The van der Waals surface area contributed by atoms with E-state index in [2.05, 4.69) is 50.0 Å². The second-order valence-electron chi connectivity index (χ2n) is 22.0. The molecule has 6 N–H and O–H groups in total. The smallest absolute Gasteiger partial charge is 0.159 e. The molecular formula is C50H66O7. The van der Waals surface area contributed by atoms with Crippen LogP contribution in [0.15, 0.2) is 29.8 Å². The maximum atomic E-state index is 16.0. The van der Waals surface area contributed by atoms with Gasteiger partial charge in [0, 0.05) is 23.2 Å². The molecule has 3 spiro atoms. The molecule has 16 atom stereocenters. The van der Waals surface area contributed by atoms with Crippen LogP contribution in [0.25, 0.3) is 12.2 Å². The molecule has 57 heavy (non-hydrogen) atoms. The Morgan fingerprint density at radius 2 is 1.63 bits per heavy atom. The van der Waals surface area contributed by atoms with Crippen LogP contribution in [0.5, 0.6) is 0 Å². The first-order chi connectivity index (χ1) is 27.1. The number of hydrogen-bond donors (Lipinski definition) is 6. The quantitative estimate of drug-likeness (QED) is 0.231. The lowest BCUT2D eigenvalue weighted by molar-refractivity contribution is -0.266. The third-order valence-corrected chi connectivity index (χ3v) is 20.1. The Kier molecular flexibility index (Phi) is 8.60. The van der Waals surface area contributed by atoms with Crippen LogP contribution >= 0.6 is 0 Å². The lowest BCUT2D eigenvalue weighted by Crippen LogP contribution is -2.74. The van der Waals surface area contributed by atoms with E-state index >= 15 is 4.79 Å². The number of carbonyl (C=O) groups excluding carboxylic acids is 1. The van der Waals surface area contributed by atoms with Gasteiger partial charge in [0.05, 0.1) is 31.0 Å². The van der Waals surface area contributed by atoms with E-state index in [9.17, 15) is 30.6 Å². The van der Waals surface area contributed by atoms with Gasteiger partial charge in [-0.25, -0.2) is 0 Å². The van der Waals surface area contributed by atoms with Crippen molar-refractivity contribution >= 4 is 17.9 Å². The number of aliphatic hydroxyl groups is 6. The van der Waals surface area contributed by atoms with Crippen molar-refractivity contribution in [2.45, 2.75) is 155 Å². The zero-order valence-electron chi connectivity index (χ0n) is 34.6. The van der Waals surface area contributed by atoms with Gasteiger partial charge in [0.2, 0.25) is 0 Å². The molecule has 6 fully saturated rings. The molecule has 0 saturated heterocycles. The van der Waals surface area contributed by atoms with Crippen LogP contribution in [-0.2, 0) is 4.79 Å². The topological polar surface area (TPSA) is 138 Å². The monoisotopic (exact) mass is 778 g/mol. The predicted octanol–water partition coefficient (Wildman–Crippen LogP) is 5.26. The van der Waals surface area contributed by atoms with Crippen molar-refractivity contribution < 1.29 is 35.4 Å². The summed E-state index contributed by atoms with van der Waals surface area (Å²) in [5.74, 6) is 6.06. The molecule has 11 rings (SSSR count). The van der Waals surface area contributed by atoms with Gasteiger partial charge >= 0.3 is 0 Å². The van der Waals surface area contributed by atoms with Crippen LogP contribution in [0, 0.1) is 79.3 Å². The summed E-state index contributed by atoms with van der Waals surface area (Å²) < 4.78 is 0. The maximum absolute atomic E-state index is 16.0. The van der Waals surface area contributed by atoms with Crippen LogP contribution in [0.2, 0.25) is 0 Å². The molecule has 308 valence electrons. The van der Waals surface area contributed by atoms with Gasteiger partial charge in [0.15, 0.2) is 5.78 Å². The van der Waals surface area contributed by atoms with Crippen molar-refractivity contribution in [1.29, 1.82) is 0 Å². The van der Waals surface area contributed by atoms with E-state index in [1.54, 1.807) is 6.92 Å². The van der Waals surface area contributed by atoms with Gasteiger partial charge in [-0.2, -0.15) is 0 Å². The van der Waals surface area contributed by atoms with Gasteiger partial charge in [0.1, 0.15) is 6.10 Å². The SMILES string of the molecule is CC(O)c1ccc2c(c1)=CC1C(C=2)CCC23CCC4C(C)(C(O)CO)C(O)CCC14C2C(=O)C=C1C2CC4(C)CCC#CC(O)C2(C(O)CC13C)C1(CCCC1)C4. The van der Waals surface area contributed by atoms with Crippen LogP contribution in [0.1, 0.15) is 136 Å². The minimum Gasteiger partial charge on any atom is -0.394 e. The first kappa shape index (κ1) is 38.9. The van der Waals surface area contributed by atoms with Gasteiger partial charge in [-0.1, -0.05) is 69.4 Å². The van der Waals surface area contributed by atoms with E-state index in [0.29, 0.717) is 25.7 Å². The standard InChI is InChI=1S/C50H66O7/c1-29(52)30-10-11-31-22-32-12-18-48-19-13-38-46(4,42(57)27-51)39(54)14-20-49(38,34(32)23-33(31)21-30)43(48)37(53)24-35-36-25-44(2)15-6-5-9-40(55)50(36,41(56)26-45(35,48)3)47(28-44)16-7-8-17-47/h10-11,21-24,29,32,34,36,38-43,51-52,54-57H,6-8,12-20,25-28H2,1-4H3. The molecule has 7 heteroatoms. The molecule has 0 aliphatic heterocycles. The van der Waals surface area contributed by atoms with Crippen LogP contribution in [0.3, 0.4) is 0 Å². The summed E-state index contributed by atoms with van der Waals surface area (Å²) in [6.45, 7) is 8.10. The van der Waals surface area contributed by atoms with E-state index in [1.165, 1.54) is 5.57 Å². The summed E-state index contributed by atoms with van der Waals surface area (Å²) in [6, 6.07) is 6.22. The van der Waals surface area contributed by atoms with Crippen LogP contribution < -0.4 is 10.4 Å². The molecule has 10 aliphatic rings. The second kappa shape index (κ2) is 12.6. The third-order valence-electron chi connectivity index (χ3n) is 20.1. The number of aliphatic hydroxyl groups excluding tert-OH is 6. The average molecular weight is 779 g/mol. The Labute approximate surface area is 338 Å². The number of allylic oxidation sites excluding steroid dienone is 2. The van der Waals surface area contributed by atoms with Crippen molar-refractivity contribution in [1.82, 2.24) is 0 Å². The number of hydrogen-bond acceptors (Lipinski definition) is 7. The number of ketones is 1. The second-order valence-corrected chi connectivity index (χ2v) is 22.0. The van der Waals surface area contributed by atoms with Crippen LogP contribution in [0.4, 0.5) is 0 Å². The van der Waals surface area contributed by atoms with Crippen molar-refractivity contribution in [2.75, 3.05) is 6.61 Å². The van der Waals surface area contributed by atoms with Gasteiger partial charge in [-0.15, -0.1) is 5.92 Å². The molecule has 6 saturated carbocycles. The zero-order chi connectivity index (χ0) is 40.1. The van der Waals surface area contributed by atoms with Gasteiger partial charge in [-0.05, 0) is 163 Å². The lowest BCUT2D eigenvalue weighted by Gasteiger charge is -2.75. The van der Waals surface area contributed by atoms with Crippen molar-refractivity contribution in [2.24, 2.45) is 67.5 Å². The Balaban J connectivity index is 1.22. The average Bonchev–Trinajstić information content (AvgIpc) is 3.64. The molecule has 0 radical (unpaired) electrons. The summed E-state index contributed by atoms with van der Waals surface area (Å²) in [4.78, 5) is 16.0. The Morgan fingerprint density at radius 1 is 0.877 bits per heavy atom. The highest BCUT2D eigenvalue weighted by Gasteiger charge is 2.79. The van der Waals surface area contributed by atoms with Crippen LogP contribution in [-0.4, -0.2) is 67.4 Å². The number of carbonyl (C=O) groups is 1. The predicted molar refractivity (Wildman–Crippen MR) is 218 cm³/mol. The first-order valence-electron chi connectivity index (χ1n) is 22.7. The maximum Gasteiger partial charge on any atom is 0.159 e. The highest BCUT2D eigenvalue weighted by atomic mass is 16.3. The summed E-state index contributed by atoms with van der Waals surface area (Å²) in [7, 11) is 0. The summed E-state index contributed by atoms with van der Waals surface area (Å²) >= 11 is 0. The number of benzene rings is 1. The lowest BCUT2D eigenvalue weighted by atomic mass is 9.29. The molecular weight excluding hydrogens is 713 g/mol. The number of fused-ring (bicyclic) bond motifs is 6. The molecule has 7 nitrogen and oxygen atoms in total. The minimum atomic E-state index is -1.15. The first-order valence-corrected chi connectivity index (χ1v) is 22.7. The van der Waals surface area contributed by atoms with Gasteiger partial charge in [0.25, 0.3) is 0 Å². The fraction of sp³-hybridized carbons (Fsp3) is 0.740. The zero-order valence-corrected chi connectivity index (χ0v) is 34.6. The highest BCUT2D eigenvalue weighted by Crippen LogP contribution is 2.82. The van der Waals surface area contributed by atoms with E-state index in [1.807, 2.05) is 19.1 Å². The molecule has 0 heterocycles. The molecule has 0 aromatic heterocycles. The Bertz CT molecular complexity index is 2080. The number of rotatable bonds is 3.